The maximum Gasteiger partial charge on any atom is 0.254 e. The first-order chi connectivity index (χ1) is 13.0. The quantitative estimate of drug-likeness (QED) is 0.754. The molecule has 2 aromatic carbocycles. The van der Waals surface area contributed by atoms with Crippen molar-refractivity contribution in [3.8, 4) is 16.9 Å². The van der Waals surface area contributed by atoms with Crippen molar-refractivity contribution >= 4 is 11.8 Å². The van der Waals surface area contributed by atoms with Gasteiger partial charge in [0, 0.05) is 30.1 Å². The number of piperidine rings is 1. The molecule has 0 aromatic heterocycles. The van der Waals surface area contributed by atoms with Crippen molar-refractivity contribution in [1.29, 1.82) is 0 Å². The Morgan fingerprint density at radius 2 is 1.78 bits per heavy atom. The lowest BCUT2D eigenvalue weighted by Crippen LogP contribution is -2.45. The number of benzene rings is 2. The van der Waals surface area contributed by atoms with Crippen LogP contribution in [-0.2, 0) is 11.4 Å². The third kappa shape index (κ3) is 4.28. The molecule has 1 saturated heterocycles. The zero-order valence-electron chi connectivity index (χ0n) is 15.1. The zero-order chi connectivity index (χ0) is 19.4. The molecule has 0 aliphatic carbocycles. The van der Waals surface area contributed by atoms with Gasteiger partial charge >= 0.3 is 0 Å². The number of carbonyl (C=O) groups is 2. The average Bonchev–Trinajstić information content (AvgIpc) is 2.68. The fraction of sp³-hybridized carbons (Fsp3) is 0.333. The molecule has 27 heavy (non-hydrogen) atoms. The summed E-state index contributed by atoms with van der Waals surface area (Å²) in [5, 5.41) is 19.0. The molecular weight excluding hydrogens is 344 g/mol. The summed E-state index contributed by atoms with van der Waals surface area (Å²) >= 11 is 0. The Balaban J connectivity index is 1.80. The molecule has 4 N–H and O–H groups in total. The zero-order valence-corrected chi connectivity index (χ0v) is 15.1. The summed E-state index contributed by atoms with van der Waals surface area (Å²) < 4.78 is 0. The van der Waals surface area contributed by atoms with Crippen molar-refractivity contribution in [2.75, 3.05) is 6.54 Å². The second kappa shape index (κ2) is 8.22. The van der Waals surface area contributed by atoms with Gasteiger partial charge in [-0.3, -0.25) is 9.59 Å². The van der Waals surface area contributed by atoms with Gasteiger partial charge in [0.15, 0.2) is 0 Å². The van der Waals surface area contributed by atoms with E-state index in [-0.39, 0.29) is 36.6 Å². The van der Waals surface area contributed by atoms with Gasteiger partial charge in [0.05, 0.1) is 6.61 Å². The van der Waals surface area contributed by atoms with Crippen LogP contribution in [0, 0.1) is 0 Å². The number of carbonyl (C=O) groups excluding carboxylic acids is 2. The number of primary amides is 1. The van der Waals surface area contributed by atoms with Gasteiger partial charge in [0.25, 0.3) is 5.91 Å². The van der Waals surface area contributed by atoms with Crippen molar-refractivity contribution in [2.24, 2.45) is 5.73 Å². The molecule has 1 aliphatic rings. The molecule has 0 spiro atoms. The van der Waals surface area contributed by atoms with Crippen molar-refractivity contribution in [3.63, 3.8) is 0 Å². The predicted octanol–water partition coefficient (Wildman–Crippen LogP) is 2.42. The van der Waals surface area contributed by atoms with Gasteiger partial charge in [0.1, 0.15) is 5.75 Å². The molecule has 1 atom stereocenters. The standard InChI is InChI=1S/C21H24N2O4/c22-20(26)12-18-3-1-2-10-23(18)21(27)15-6-4-14(5-7-15)16-8-9-19(25)17(11-16)13-24/h4-9,11,18,24-25H,1-3,10,12-13H2,(H2,22,26). The van der Waals surface area contributed by atoms with Crippen LogP contribution in [0.25, 0.3) is 11.1 Å². The van der Waals surface area contributed by atoms with Crippen LogP contribution in [0.15, 0.2) is 42.5 Å². The van der Waals surface area contributed by atoms with Crippen LogP contribution in [0.3, 0.4) is 0 Å². The molecule has 6 nitrogen and oxygen atoms in total. The van der Waals surface area contributed by atoms with Gasteiger partial charge in [0.2, 0.25) is 5.91 Å². The first-order valence-corrected chi connectivity index (χ1v) is 9.12. The highest BCUT2D eigenvalue weighted by molar-refractivity contribution is 5.95. The lowest BCUT2D eigenvalue weighted by molar-refractivity contribution is -0.119. The molecule has 0 saturated carbocycles. The van der Waals surface area contributed by atoms with Gasteiger partial charge in [-0.05, 0) is 54.7 Å². The average molecular weight is 368 g/mol. The van der Waals surface area contributed by atoms with Crippen molar-refractivity contribution in [2.45, 2.75) is 38.3 Å². The van der Waals surface area contributed by atoms with Gasteiger partial charge in [-0.25, -0.2) is 0 Å². The van der Waals surface area contributed by atoms with E-state index in [0.29, 0.717) is 17.7 Å². The largest absolute Gasteiger partial charge is 0.508 e. The minimum atomic E-state index is -0.387. The van der Waals surface area contributed by atoms with Crippen LogP contribution < -0.4 is 5.73 Å². The van der Waals surface area contributed by atoms with Gasteiger partial charge < -0.3 is 20.8 Å². The number of nitrogens with zero attached hydrogens (tertiary/aromatic N) is 1. The Morgan fingerprint density at radius 3 is 2.44 bits per heavy atom. The van der Waals surface area contributed by atoms with E-state index in [1.165, 1.54) is 0 Å². The number of hydrogen-bond donors (Lipinski definition) is 3. The number of phenols is 1. The van der Waals surface area contributed by atoms with E-state index in [2.05, 4.69) is 0 Å². The number of aromatic hydroxyl groups is 1. The van der Waals surface area contributed by atoms with E-state index < -0.39 is 0 Å². The topological polar surface area (TPSA) is 104 Å². The molecule has 142 valence electrons. The van der Waals surface area contributed by atoms with Crippen molar-refractivity contribution < 1.29 is 19.8 Å². The lowest BCUT2D eigenvalue weighted by Gasteiger charge is -2.35. The Kier molecular flexibility index (Phi) is 5.76. The molecule has 2 aromatic rings. The van der Waals surface area contributed by atoms with E-state index >= 15 is 0 Å². The Labute approximate surface area is 158 Å². The maximum absolute atomic E-state index is 12.9. The summed E-state index contributed by atoms with van der Waals surface area (Å²) in [6.07, 6.45) is 2.91. The van der Waals surface area contributed by atoms with Crippen LogP contribution in [-0.4, -0.2) is 39.5 Å². The number of amides is 2. The van der Waals surface area contributed by atoms with Crippen molar-refractivity contribution in [3.05, 3.63) is 53.6 Å². The Bertz CT molecular complexity index is 833. The fourth-order valence-electron chi connectivity index (χ4n) is 3.58. The molecule has 1 heterocycles. The number of nitrogens with two attached hydrogens (primary N) is 1. The Hall–Kier alpha value is -2.86. The summed E-state index contributed by atoms with van der Waals surface area (Å²) in [5.41, 5.74) is 8.08. The third-order valence-corrected chi connectivity index (χ3v) is 5.04. The highest BCUT2D eigenvalue weighted by Crippen LogP contribution is 2.27. The first-order valence-electron chi connectivity index (χ1n) is 9.12. The minimum Gasteiger partial charge on any atom is -0.508 e. The van der Waals surface area contributed by atoms with Crippen LogP contribution in [0.4, 0.5) is 0 Å². The van der Waals surface area contributed by atoms with E-state index in [9.17, 15) is 19.8 Å². The number of aliphatic hydroxyl groups is 1. The Morgan fingerprint density at radius 1 is 1.07 bits per heavy atom. The lowest BCUT2D eigenvalue weighted by atomic mass is 9.97. The minimum absolute atomic E-state index is 0.0543. The second-order valence-electron chi connectivity index (χ2n) is 6.90. The van der Waals surface area contributed by atoms with Crippen molar-refractivity contribution in [1.82, 2.24) is 4.90 Å². The molecule has 6 heteroatoms. The first kappa shape index (κ1) is 18.9. The third-order valence-electron chi connectivity index (χ3n) is 5.04. The molecule has 1 unspecified atom stereocenters. The highest BCUT2D eigenvalue weighted by atomic mass is 16.3. The number of aliphatic hydroxyl groups excluding tert-OH is 1. The van der Waals surface area contributed by atoms with Gasteiger partial charge in [-0.2, -0.15) is 0 Å². The van der Waals surface area contributed by atoms with E-state index in [1.54, 1.807) is 35.2 Å². The molecule has 0 radical (unpaired) electrons. The number of rotatable bonds is 5. The number of likely N-dealkylation sites (tertiary alicyclic amines) is 1. The summed E-state index contributed by atoms with van der Waals surface area (Å²) in [6, 6.07) is 12.1. The summed E-state index contributed by atoms with van der Waals surface area (Å²) in [4.78, 5) is 25.9. The SMILES string of the molecule is NC(=O)CC1CCCCN1C(=O)c1ccc(-c2ccc(O)c(CO)c2)cc1. The van der Waals surface area contributed by atoms with Crippen LogP contribution in [0.5, 0.6) is 5.75 Å². The van der Waals surface area contributed by atoms with Crippen LogP contribution in [0.1, 0.15) is 41.6 Å². The van der Waals surface area contributed by atoms with Gasteiger partial charge in [-0.15, -0.1) is 0 Å². The van der Waals surface area contributed by atoms with Crippen LogP contribution in [0.2, 0.25) is 0 Å². The predicted molar refractivity (Wildman–Crippen MR) is 102 cm³/mol. The van der Waals surface area contributed by atoms with Gasteiger partial charge in [-0.1, -0.05) is 18.2 Å². The number of hydrogen-bond acceptors (Lipinski definition) is 4. The molecule has 1 fully saturated rings. The van der Waals surface area contributed by atoms with E-state index in [0.717, 1.165) is 30.4 Å². The molecular formula is C21H24N2O4. The molecule has 1 aliphatic heterocycles. The monoisotopic (exact) mass is 368 g/mol. The smallest absolute Gasteiger partial charge is 0.254 e. The molecule has 3 rings (SSSR count). The summed E-state index contributed by atoms with van der Waals surface area (Å²) in [6.45, 7) is 0.392. The fourth-order valence-corrected chi connectivity index (χ4v) is 3.58. The maximum atomic E-state index is 12.9. The van der Waals surface area contributed by atoms with E-state index in [4.69, 9.17) is 5.73 Å². The second-order valence-corrected chi connectivity index (χ2v) is 6.90. The molecule has 2 amide bonds. The summed E-state index contributed by atoms with van der Waals surface area (Å²) in [7, 11) is 0. The van der Waals surface area contributed by atoms with E-state index in [1.807, 2.05) is 12.1 Å². The molecule has 0 bridgehead atoms. The summed E-state index contributed by atoms with van der Waals surface area (Å²) in [5.74, 6) is -0.421. The normalized spacial score (nSPS) is 16.9. The van der Waals surface area contributed by atoms with Crippen LogP contribution >= 0.6 is 0 Å². The highest BCUT2D eigenvalue weighted by Gasteiger charge is 2.28.